The molecule has 1 aliphatic heterocycles. The van der Waals surface area contributed by atoms with Crippen LogP contribution in [0.2, 0.25) is 0 Å². The second kappa shape index (κ2) is 6.25. The van der Waals surface area contributed by atoms with Gasteiger partial charge in [0.2, 0.25) is 5.78 Å². The molecule has 0 fully saturated rings. The Kier molecular flexibility index (Phi) is 4.31. The van der Waals surface area contributed by atoms with E-state index in [1.165, 1.54) is 4.57 Å². The van der Waals surface area contributed by atoms with Crippen LogP contribution in [-0.2, 0) is 22.5 Å². The van der Waals surface area contributed by atoms with Crippen LogP contribution < -0.4 is 5.56 Å². The number of aliphatic carboxylic acids is 1. The summed E-state index contributed by atoms with van der Waals surface area (Å²) in [5.74, 6) is -0.337. The molecule has 3 rings (SSSR count). The molecule has 0 saturated heterocycles. The Hall–Kier alpha value is -2.00. The van der Waals surface area contributed by atoms with Crippen molar-refractivity contribution in [2.45, 2.75) is 26.3 Å². The average molecular weight is 383 g/mol. The van der Waals surface area contributed by atoms with Gasteiger partial charge >= 0.3 is 5.97 Å². The number of hydrogen-bond acceptors (Lipinski definition) is 5. The molecular weight excluding hydrogens is 368 g/mol. The highest BCUT2D eigenvalue weighted by atomic mass is 79.9. The molecule has 0 saturated carbocycles. The van der Waals surface area contributed by atoms with Crippen molar-refractivity contribution in [3.8, 4) is 0 Å². The Labute approximate surface area is 139 Å². The standard InChI is InChI=1S/C14H15BrN4O4/c1-2-9-11(15)13(22)19-14(18(9)7-10(20)21)16-12(17-19)8-3-5-23-6-4-8/h3H,2,4-7H2,1H3,(H,20,21). The van der Waals surface area contributed by atoms with Crippen LogP contribution in [0, 0.1) is 0 Å². The molecule has 2 aromatic rings. The van der Waals surface area contributed by atoms with E-state index < -0.39 is 5.97 Å². The lowest BCUT2D eigenvalue weighted by atomic mass is 10.1. The lowest BCUT2D eigenvalue weighted by Crippen LogP contribution is -2.25. The van der Waals surface area contributed by atoms with Gasteiger partial charge in [-0.1, -0.05) is 13.0 Å². The number of ether oxygens (including phenoxy) is 1. The largest absolute Gasteiger partial charge is 0.480 e. The molecule has 0 bridgehead atoms. The summed E-state index contributed by atoms with van der Waals surface area (Å²) in [4.78, 5) is 28.0. The summed E-state index contributed by atoms with van der Waals surface area (Å²) in [6.07, 6.45) is 3.03. The van der Waals surface area contributed by atoms with E-state index in [0.29, 0.717) is 42.0 Å². The molecule has 0 radical (unpaired) electrons. The molecule has 2 aromatic heterocycles. The van der Waals surface area contributed by atoms with Crippen molar-refractivity contribution in [3.05, 3.63) is 32.4 Å². The number of rotatable bonds is 4. The van der Waals surface area contributed by atoms with Crippen molar-refractivity contribution in [1.82, 2.24) is 19.2 Å². The lowest BCUT2D eigenvalue weighted by Gasteiger charge is -2.12. The molecule has 3 heterocycles. The lowest BCUT2D eigenvalue weighted by molar-refractivity contribution is -0.137. The number of carbonyl (C=O) groups is 1. The van der Waals surface area contributed by atoms with Crippen LogP contribution in [0.25, 0.3) is 11.4 Å². The Balaban J connectivity index is 2.27. The summed E-state index contributed by atoms with van der Waals surface area (Å²) in [7, 11) is 0. The molecule has 8 nitrogen and oxygen atoms in total. The first-order valence-electron chi connectivity index (χ1n) is 7.19. The molecule has 1 aliphatic rings. The molecule has 1 N–H and O–H groups in total. The third-order valence-electron chi connectivity index (χ3n) is 3.67. The van der Waals surface area contributed by atoms with Gasteiger partial charge in [-0.05, 0) is 34.3 Å². The third kappa shape index (κ3) is 2.81. The minimum Gasteiger partial charge on any atom is -0.480 e. The number of nitrogens with zero attached hydrogens (tertiary/aromatic N) is 4. The molecule has 0 aliphatic carbocycles. The third-order valence-corrected chi connectivity index (χ3v) is 4.47. The fraction of sp³-hybridized carbons (Fsp3) is 0.429. The second-order valence-corrected chi connectivity index (χ2v) is 5.89. The Bertz CT molecular complexity index is 868. The number of carboxylic acid groups (broad SMARTS) is 1. The predicted molar refractivity (Wildman–Crippen MR) is 85.4 cm³/mol. The van der Waals surface area contributed by atoms with E-state index in [2.05, 4.69) is 26.0 Å². The van der Waals surface area contributed by atoms with Gasteiger partial charge in [-0.2, -0.15) is 9.50 Å². The van der Waals surface area contributed by atoms with Crippen LogP contribution in [0.15, 0.2) is 15.3 Å². The average Bonchev–Trinajstić information content (AvgIpc) is 2.99. The van der Waals surface area contributed by atoms with Crippen molar-refractivity contribution in [2.75, 3.05) is 13.2 Å². The monoisotopic (exact) mass is 382 g/mol. The van der Waals surface area contributed by atoms with Gasteiger partial charge in [0.15, 0.2) is 5.82 Å². The summed E-state index contributed by atoms with van der Waals surface area (Å²) in [5, 5.41) is 13.4. The van der Waals surface area contributed by atoms with Crippen LogP contribution in [0.5, 0.6) is 0 Å². The highest BCUT2D eigenvalue weighted by molar-refractivity contribution is 9.10. The van der Waals surface area contributed by atoms with Gasteiger partial charge in [0.25, 0.3) is 5.56 Å². The number of fused-ring (bicyclic) bond motifs is 1. The minimum absolute atomic E-state index is 0.236. The van der Waals surface area contributed by atoms with Crippen molar-refractivity contribution in [2.24, 2.45) is 0 Å². The van der Waals surface area contributed by atoms with E-state index in [1.807, 2.05) is 13.0 Å². The number of aromatic nitrogens is 4. The first-order chi connectivity index (χ1) is 11.0. The zero-order valence-corrected chi connectivity index (χ0v) is 14.0. The van der Waals surface area contributed by atoms with Crippen molar-refractivity contribution < 1.29 is 14.6 Å². The maximum atomic E-state index is 12.5. The van der Waals surface area contributed by atoms with Gasteiger partial charge in [-0.3, -0.25) is 9.59 Å². The zero-order chi connectivity index (χ0) is 16.6. The van der Waals surface area contributed by atoms with Gasteiger partial charge in [0.05, 0.1) is 13.2 Å². The van der Waals surface area contributed by atoms with Crippen LogP contribution in [0.4, 0.5) is 0 Å². The molecule has 0 aromatic carbocycles. The summed E-state index contributed by atoms with van der Waals surface area (Å²) in [6, 6.07) is 0. The Morgan fingerprint density at radius 2 is 2.30 bits per heavy atom. The van der Waals surface area contributed by atoms with Gasteiger partial charge in [0, 0.05) is 5.69 Å². The maximum Gasteiger partial charge on any atom is 0.323 e. The minimum atomic E-state index is -1.01. The van der Waals surface area contributed by atoms with E-state index in [4.69, 9.17) is 9.84 Å². The molecule has 0 spiro atoms. The Morgan fingerprint density at radius 3 is 2.91 bits per heavy atom. The van der Waals surface area contributed by atoms with E-state index in [9.17, 15) is 9.59 Å². The maximum absolute atomic E-state index is 12.5. The number of carboxylic acids is 1. The van der Waals surface area contributed by atoms with Crippen LogP contribution >= 0.6 is 15.9 Å². The molecule has 0 amide bonds. The van der Waals surface area contributed by atoms with E-state index >= 15 is 0 Å². The SMILES string of the molecule is CCc1c(Br)c(=O)n2nc(C3=CCOCC3)nc2n1CC(=O)O. The first-order valence-corrected chi connectivity index (χ1v) is 7.99. The topological polar surface area (TPSA) is 98.7 Å². The van der Waals surface area contributed by atoms with Gasteiger partial charge in [-0.15, -0.1) is 5.10 Å². The van der Waals surface area contributed by atoms with Gasteiger partial charge in [0.1, 0.15) is 11.0 Å². The first kappa shape index (κ1) is 15.9. The van der Waals surface area contributed by atoms with Crippen LogP contribution in [0.3, 0.4) is 0 Å². The molecule has 9 heteroatoms. The number of halogens is 1. The second-order valence-electron chi connectivity index (χ2n) is 5.10. The number of hydrogen-bond donors (Lipinski definition) is 1. The molecular formula is C14H15BrN4O4. The Morgan fingerprint density at radius 1 is 1.52 bits per heavy atom. The van der Waals surface area contributed by atoms with Crippen LogP contribution in [0.1, 0.15) is 24.9 Å². The predicted octanol–water partition coefficient (Wildman–Crippen LogP) is 1.10. The molecule has 122 valence electrons. The van der Waals surface area contributed by atoms with Crippen molar-refractivity contribution in [3.63, 3.8) is 0 Å². The summed E-state index contributed by atoms with van der Waals surface area (Å²) < 4.78 is 8.23. The van der Waals surface area contributed by atoms with E-state index in [1.54, 1.807) is 0 Å². The highest BCUT2D eigenvalue weighted by Crippen LogP contribution is 2.20. The van der Waals surface area contributed by atoms with Crippen molar-refractivity contribution in [1.29, 1.82) is 0 Å². The van der Waals surface area contributed by atoms with Crippen LogP contribution in [-0.4, -0.2) is 43.5 Å². The molecule has 0 unspecified atom stereocenters. The molecule has 0 atom stereocenters. The smallest absolute Gasteiger partial charge is 0.323 e. The molecule has 23 heavy (non-hydrogen) atoms. The van der Waals surface area contributed by atoms with Crippen molar-refractivity contribution >= 4 is 33.3 Å². The normalized spacial score (nSPS) is 15.0. The fourth-order valence-corrected chi connectivity index (χ4v) is 3.25. The van der Waals surface area contributed by atoms with E-state index in [-0.39, 0.29) is 17.9 Å². The van der Waals surface area contributed by atoms with Gasteiger partial charge < -0.3 is 14.4 Å². The van der Waals surface area contributed by atoms with E-state index in [0.717, 1.165) is 10.1 Å². The fourth-order valence-electron chi connectivity index (χ4n) is 2.58. The summed E-state index contributed by atoms with van der Waals surface area (Å²) >= 11 is 3.26. The quantitative estimate of drug-likeness (QED) is 0.849. The summed E-state index contributed by atoms with van der Waals surface area (Å²) in [6.45, 7) is 2.62. The summed E-state index contributed by atoms with van der Waals surface area (Å²) in [5.41, 5.74) is 1.14. The zero-order valence-electron chi connectivity index (χ0n) is 12.5. The van der Waals surface area contributed by atoms with Gasteiger partial charge in [-0.25, -0.2) is 0 Å². The highest BCUT2D eigenvalue weighted by Gasteiger charge is 2.21.